The number of halogens is 1. The molecule has 0 unspecified atom stereocenters. The number of nitrogens with zero attached hydrogens (tertiary/aromatic N) is 4. The molecule has 3 aliphatic heterocycles. The summed E-state index contributed by atoms with van der Waals surface area (Å²) in [4.78, 5) is 52.2. The number of nitro groups is 1. The molecule has 2 fully saturated rings. The lowest BCUT2D eigenvalue weighted by Gasteiger charge is -2.30. The molecule has 0 radical (unpaired) electrons. The van der Waals surface area contributed by atoms with Crippen LogP contribution < -0.4 is 9.64 Å². The van der Waals surface area contributed by atoms with E-state index < -0.39 is 52.3 Å². The SMILES string of the molecule is COc1ccc([N+](=O)[O-])cc1N1C(=O)[C@@H]2[C@@H](C1=O)[C@@H]1C=CC=NN1[C@@H]2C(=O)c1ccc(F)cc1. The molecule has 2 aromatic carbocycles. The Hall–Kier alpha value is -4.41. The largest absolute Gasteiger partial charge is 0.495 e. The van der Waals surface area contributed by atoms with Crippen LogP contribution in [-0.4, -0.2) is 52.9 Å². The van der Waals surface area contributed by atoms with Gasteiger partial charge in [-0.15, -0.1) is 0 Å². The number of imide groups is 1. The van der Waals surface area contributed by atoms with Gasteiger partial charge < -0.3 is 4.74 Å². The van der Waals surface area contributed by atoms with Crippen LogP contribution in [0.4, 0.5) is 15.8 Å². The standard InChI is InChI=1S/C23H17FN4O6/c1-34-17-9-8-14(28(32)33)11-16(17)26-22(30)18-15-3-2-10-25-27(15)20(19(18)23(26)31)21(29)12-4-6-13(24)7-5-12/h2-11,15,18-20H,1H3/t15-,18-,19+,20-/m0/s1. The molecule has 0 aromatic heterocycles. The minimum absolute atomic E-state index is 0.0658. The number of benzene rings is 2. The second-order valence-electron chi connectivity index (χ2n) is 8.01. The highest BCUT2D eigenvalue weighted by atomic mass is 19.1. The molecule has 4 atom stereocenters. The smallest absolute Gasteiger partial charge is 0.271 e. The maximum absolute atomic E-state index is 13.7. The highest BCUT2D eigenvalue weighted by molar-refractivity contribution is 6.25. The van der Waals surface area contributed by atoms with Crippen LogP contribution in [0.25, 0.3) is 0 Å². The lowest BCUT2D eigenvalue weighted by atomic mass is 9.86. The van der Waals surface area contributed by atoms with Crippen LogP contribution >= 0.6 is 0 Å². The maximum atomic E-state index is 13.7. The Morgan fingerprint density at radius 2 is 1.82 bits per heavy atom. The number of Topliss-reactive ketones (excluding diaryl/α,β-unsaturated/α-hetero) is 1. The van der Waals surface area contributed by atoms with Gasteiger partial charge in [0, 0.05) is 23.9 Å². The number of carbonyl (C=O) groups is 3. The first-order valence-electron chi connectivity index (χ1n) is 10.3. The molecule has 34 heavy (non-hydrogen) atoms. The van der Waals surface area contributed by atoms with Crippen LogP contribution in [0.15, 0.2) is 59.7 Å². The predicted octanol–water partition coefficient (Wildman–Crippen LogP) is 2.34. The molecule has 0 bridgehead atoms. The van der Waals surface area contributed by atoms with Crippen molar-refractivity contribution in [3.8, 4) is 5.75 Å². The van der Waals surface area contributed by atoms with Crippen molar-refractivity contribution in [1.82, 2.24) is 5.01 Å². The third-order valence-corrected chi connectivity index (χ3v) is 6.30. The molecule has 10 nitrogen and oxygen atoms in total. The predicted molar refractivity (Wildman–Crippen MR) is 117 cm³/mol. The lowest BCUT2D eigenvalue weighted by Crippen LogP contribution is -2.46. The van der Waals surface area contributed by atoms with Gasteiger partial charge in [0.1, 0.15) is 23.3 Å². The summed E-state index contributed by atoms with van der Waals surface area (Å²) in [6, 6.07) is 6.72. The van der Waals surface area contributed by atoms with Crippen molar-refractivity contribution in [2.24, 2.45) is 16.9 Å². The first kappa shape index (κ1) is 21.4. The Balaban J connectivity index is 1.60. The number of non-ortho nitro benzene ring substituents is 1. The van der Waals surface area contributed by atoms with Crippen LogP contribution in [0.5, 0.6) is 5.75 Å². The molecular weight excluding hydrogens is 447 g/mol. The van der Waals surface area contributed by atoms with Crippen LogP contribution in [0.2, 0.25) is 0 Å². The van der Waals surface area contributed by atoms with E-state index in [1.54, 1.807) is 12.2 Å². The van der Waals surface area contributed by atoms with Gasteiger partial charge in [-0.25, -0.2) is 9.29 Å². The van der Waals surface area contributed by atoms with Gasteiger partial charge >= 0.3 is 0 Å². The number of fused-ring (bicyclic) bond motifs is 3. The topological polar surface area (TPSA) is 122 Å². The highest BCUT2D eigenvalue weighted by Crippen LogP contribution is 2.48. The van der Waals surface area contributed by atoms with E-state index in [9.17, 15) is 28.9 Å². The molecule has 11 heteroatoms. The number of allylic oxidation sites excluding steroid dienone is 1. The van der Waals surface area contributed by atoms with Gasteiger partial charge in [0.15, 0.2) is 5.78 Å². The fourth-order valence-electron chi connectivity index (χ4n) is 4.83. The zero-order valence-corrected chi connectivity index (χ0v) is 17.7. The van der Waals surface area contributed by atoms with Gasteiger partial charge in [-0.2, -0.15) is 5.10 Å². The number of ketones is 1. The van der Waals surface area contributed by atoms with E-state index in [-0.39, 0.29) is 22.7 Å². The normalized spacial score (nSPS) is 24.9. The minimum Gasteiger partial charge on any atom is -0.495 e. The van der Waals surface area contributed by atoms with E-state index in [0.717, 1.165) is 23.1 Å². The van der Waals surface area contributed by atoms with Crippen molar-refractivity contribution in [2.75, 3.05) is 12.0 Å². The van der Waals surface area contributed by atoms with Gasteiger partial charge in [-0.1, -0.05) is 6.08 Å². The van der Waals surface area contributed by atoms with Crippen molar-refractivity contribution in [3.05, 3.63) is 76.1 Å². The summed E-state index contributed by atoms with van der Waals surface area (Å²) < 4.78 is 18.7. The van der Waals surface area contributed by atoms with E-state index in [1.807, 2.05) is 0 Å². The number of methoxy groups -OCH3 is 1. The number of carbonyl (C=O) groups excluding carboxylic acids is 3. The van der Waals surface area contributed by atoms with E-state index in [4.69, 9.17) is 4.74 Å². The summed E-state index contributed by atoms with van der Waals surface area (Å²) >= 11 is 0. The van der Waals surface area contributed by atoms with Crippen molar-refractivity contribution >= 4 is 35.2 Å². The third-order valence-electron chi connectivity index (χ3n) is 6.30. The lowest BCUT2D eigenvalue weighted by molar-refractivity contribution is -0.384. The third kappa shape index (κ3) is 3.08. The number of rotatable bonds is 5. The molecule has 2 aromatic rings. The fourth-order valence-corrected chi connectivity index (χ4v) is 4.83. The van der Waals surface area contributed by atoms with Crippen LogP contribution in [-0.2, 0) is 9.59 Å². The number of hydrogen-bond acceptors (Lipinski definition) is 8. The zero-order valence-electron chi connectivity index (χ0n) is 17.7. The van der Waals surface area contributed by atoms with E-state index >= 15 is 0 Å². The number of hydrogen-bond donors (Lipinski definition) is 0. The van der Waals surface area contributed by atoms with Crippen molar-refractivity contribution < 1.29 is 28.4 Å². The fraction of sp³-hybridized carbons (Fsp3) is 0.217. The molecular formula is C23H17FN4O6. The molecule has 3 heterocycles. The number of amides is 2. The molecule has 0 spiro atoms. The Bertz CT molecular complexity index is 1290. The van der Waals surface area contributed by atoms with E-state index in [2.05, 4.69) is 5.10 Å². The molecule has 2 saturated heterocycles. The Morgan fingerprint density at radius 1 is 1.12 bits per heavy atom. The van der Waals surface area contributed by atoms with E-state index in [1.165, 1.54) is 42.6 Å². The average molecular weight is 464 g/mol. The van der Waals surface area contributed by atoms with Crippen molar-refractivity contribution in [3.63, 3.8) is 0 Å². The number of anilines is 1. The van der Waals surface area contributed by atoms with Crippen molar-refractivity contribution in [2.45, 2.75) is 12.1 Å². The molecule has 5 rings (SSSR count). The first-order valence-corrected chi connectivity index (χ1v) is 10.3. The number of ether oxygens (including phenoxy) is 1. The summed E-state index contributed by atoms with van der Waals surface area (Å²) in [5, 5.41) is 17.0. The monoisotopic (exact) mass is 464 g/mol. The Labute approximate surface area is 192 Å². The van der Waals surface area contributed by atoms with Gasteiger partial charge in [0.2, 0.25) is 11.8 Å². The van der Waals surface area contributed by atoms with Gasteiger partial charge in [-0.05, 0) is 36.4 Å². The number of nitro benzene ring substituents is 1. The van der Waals surface area contributed by atoms with Crippen LogP contribution in [0.1, 0.15) is 10.4 Å². The highest BCUT2D eigenvalue weighted by Gasteiger charge is 2.64. The Kier molecular flexibility index (Phi) is 4.96. The quantitative estimate of drug-likeness (QED) is 0.288. The zero-order chi connectivity index (χ0) is 24.1. The molecule has 0 saturated carbocycles. The molecule has 2 amide bonds. The Morgan fingerprint density at radius 3 is 2.50 bits per heavy atom. The van der Waals surface area contributed by atoms with Gasteiger partial charge in [0.25, 0.3) is 5.69 Å². The van der Waals surface area contributed by atoms with Crippen LogP contribution in [0, 0.1) is 27.8 Å². The van der Waals surface area contributed by atoms with Crippen molar-refractivity contribution in [1.29, 1.82) is 0 Å². The molecule has 3 aliphatic rings. The van der Waals surface area contributed by atoms with E-state index in [0.29, 0.717) is 0 Å². The maximum Gasteiger partial charge on any atom is 0.271 e. The average Bonchev–Trinajstić information content (AvgIpc) is 3.31. The number of hydrazone groups is 1. The molecule has 172 valence electrons. The summed E-state index contributed by atoms with van der Waals surface area (Å²) in [5.74, 6) is -4.25. The minimum atomic E-state index is -1.12. The summed E-state index contributed by atoms with van der Waals surface area (Å²) in [6.07, 6.45) is 4.76. The summed E-state index contributed by atoms with van der Waals surface area (Å²) in [5.41, 5.74) is -0.220. The van der Waals surface area contributed by atoms with Gasteiger partial charge in [-0.3, -0.25) is 29.5 Å². The van der Waals surface area contributed by atoms with Gasteiger partial charge in [0.05, 0.1) is 29.9 Å². The molecule has 0 aliphatic carbocycles. The second-order valence-corrected chi connectivity index (χ2v) is 8.01. The summed E-state index contributed by atoms with van der Waals surface area (Å²) in [7, 11) is 1.32. The second kappa shape index (κ2) is 7.87. The summed E-state index contributed by atoms with van der Waals surface area (Å²) in [6.45, 7) is 0. The van der Waals surface area contributed by atoms with Crippen LogP contribution in [0.3, 0.4) is 0 Å². The molecule has 0 N–H and O–H groups in total. The first-order chi connectivity index (χ1) is 16.3.